The molecule has 0 spiro atoms. The minimum atomic E-state index is -0.393. The smallest absolute Gasteiger partial charge is 0.312 e. The molecular formula is C11H8BrNO2. The van der Waals surface area contributed by atoms with Crippen molar-refractivity contribution in [2.45, 2.75) is 6.92 Å². The number of nitrogens with zero attached hydrogens (tertiary/aromatic N) is 1. The largest absolute Gasteiger partial charge is 0.367 e. The number of carbonyl (C=O) groups is 1. The molecule has 76 valence electrons. The van der Waals surface area contributed by atoms with Gasteiger partial charge >= 0.3 is 5.97 Å². The number of oxime groups is 1. The molecule has 0 atom stereocenters. The lowest BCUT2D eigenvalue weighted by Gasteiger charge is -1.95. The van der Waals surface area contributed by atoms with Crippen LogP contribution in [0.3, 0.4) is 0 Å². The van der Waals surface area contributed by atoms with E-state index in [1.165, 1.54) is 0 Å². The van der Waals surface area contributed by atoms with Crippen molar-refractivity contribution in [1.82, 2.24) is 0 Å². The number of rotatable bonds is 1. The second-order valence-corrected chi connectivity index (χ2v) is 4.08. The lowest BCUT2D eigenvalue weighted by atomic mass is 10.1. The zero-order valence-electron chi connectivity index (χ0n) is 8.03. The third-order valence-electron chi connectivity index (χ3n) is 2.06. The molecule has 1 aromatic rings. The maximum absolute atomic E-state index is 11.2. The maximum Gasteiger partial charge on any atom is 0.367 e. The van der Waals surface area contributed by atoms with Gasteiger partial charge in [0.05, 0.1) is 11.3 Å². The standard InChI is InChI=1S/C11H8BrNO2/c1-7-10(11(14)15-13-7)6-8-2-4-9(12)5-3-8/h2-6H,1H3/b10-6+. The van der Waals surface area contributed by atoms with Gasteiger partial charge in [-0.1, -0.05) is 33.2 Å². The van der Waals surface area contributed by atoms with Gasteiger partial charge in [0.2, 0.25) is 0 Å². The Labute approximate surface area is 95.6 Å². The lowest BCUT2D eigenvalue weighted by molar-refractivity contribution is -0.136. The summed E-state index contributed by atoms with van der Waals surface area (Å²) in [4.78, 5) is 15.8. The Morgan fingerprint density at radius 2 is 2.00 bits per heavy atom. The van der Waals surface area contributed by atoms with Crippen molar-refractivity contribution in [2.24, 2.45) is 5.16 Å². The van der Waals surface area contributed by atoms with Gasteiger partial charge in [-0.2, -0.15) is 0 Å². The summed E-state index contributed by atoms with van der Waals surface area (Å²) in [5.74, 6) is -0.393. The summed E-state index contributed by atoms with van der Waals surface area (Å²) >= 11 is 3.35. The van der Waals surface area contributed by atoms with Gasteiger partial charge < -0.3 is 4.84 Å². The Bertz CT molecular complexity index is 460. The van der Waals surface area contributed by atoms with E-state index >= 15 is 0 Å². The van der Waals surface area contributed by atoms with Crippen LogP contribution in [0.15, 0.2) is 39.5 Å². The van der Waals surface area contributed by atoms with Gasteiger partial charge in [0.25, 0.3) is 0 Å². The fraction of sp³-hybridized carbons (Fsp3) is 0.0909. The molecule has 0 aliphatic carbocycles. The molecule has 1 aliphatic heterocycles. The molecule has 1 heterocycles. The number of carbonyl (C=O) groups excluding carboxylic acids is 1. The van der Waals surface area contributed by atoms with E-state index in [4.69, 9.17) is 0 Å². The van der Waals surface area contributed by atoms with Crippen molar-refractivity contribution in [3.63, 3.8) is 0 Å². The van der Waals surface area contributed by atoms with Gasteiger partial charge in [-0.05, 0) is 30.7 Å². The van der Waals surface area contributed by atoms with Crippen LogP contribution < -0.4 is 0 Å². The third-order valence-corrected chi connectivity index (χ3v) is 2.58. The highest BCUT2D eigenvalue weighted by molar-refractivity contribution is 9.10. The molecule has 0 fully saturated rings. The van der Waals surface area contributed by atoms with Crippen LogP contribution in [0.1, 0.15) is 12.5 Å². The van der Waals surface area contributed by atoms with Crippen LogP contribution in [0.2, 0.25) is 0 Å². The van der Waals surface area contributed by atoms with Crippen LogP contribution >= 0.6 is 15.9 Å². The van der Waals surface area contributed by atoms with Gasteiger partial charge in [-0.15, -0.1) is 0 Å². The summed E-state index contributed by atoms with van der Waals surface area (Å²) in [5, 5.41) is 3.60. The first-order chi connectivity index (χ1) is 7.16. The average molecular weight is 266 g/mol. The van der Waals surface area contributed by atoms with E-state index in [1.807, 2.05) is 24.3 Å². The fourth-order valence-corrected chi connectivity index (χ4v) is 1.51. The molecule has 0 bridgehead atoms. The number of halogens is 1. The topological polar surface area (TPSA) is 38.7 Å². The lowest BCUT2D eigenvalue weighted by Crippen LogP contribution is -2.01. The Kier molecular flexibility index (Phi) is 2.68. The molecule has 1 aromatic carbocycles. The number of benzene rings is 1. The van der Waals surface area contributed by atoms with E-state index in [0.717, 1.165) is 10.0 Å². The van der Waals surface area contributed by atoms with Crippen molar-refractivity contribution < 1.29 is 9.63 Å². The molecule has 1 aliphatic rings. The molecule has 0 radical (unpaired) electrons. The van der Waals surface area contributed by atoms with Gasteiger partial charge in [0.15, 0.2) is 0 Å². The van der Waals surface area contributed by atoms with Gasteiger partial charge in [-0.3, -0.25) is 0 Å². The Morgan fingerprint density at radius 1 is 1.33 bits per heavy atom. The minimum Gasteiger partial charge on any atom is -0.312 e. The van der Waals surface area contributed by atoms with E-state index in [2.05, 4.69) is 25.9 Å². The second-order valence-electron chi connectivity index (χ2n) is 3.17. The summed E-state index contributed by atoms with van der Waals surface area (Å²) in [7, 11) is 0. The summed E-state index contributed by atoms with van der Waals surface area (Å²) in [6.07, 6.45) is 1.76. The number of hydrogen-bond acceptors (Lipinski definition) is 3. The highest BCUT2D eigenvalue weighted by atomic mass is 79.9. The van der Waals surface area contributed by atoms with Crippen molar-refractivity contribution >= 4 is 33.7 Å². The van der Waals surface area contributed by atoms with Crippen molar-refractivity contribution in [1.29, 1.82) is 0 Å². The van der Waals surface area contributed by atoms with Crippen molar-refractivity contribution in [3.8, 4) is 0 Å². The summed E-state index contributed by atoms with van der Waals surface area (Å²) in [6.45, 7) is 1.75. The highest BCUT2D eigenvalue weighted by Crippen LogP contribution is 2.17. The first-order valence-electron chi connectivity index (χ1n) is 4.40. The predicted octanol–water partition coefficient (Wildman–Crippen LogP) is 2.77. The van der Waals surface area contributed by atoms with Gasteiger partial charge in [0.1, 0.15) is 0 Å². The molecule has 0 saturated heterocycles. The van der Waals surface area contributed by atoms with Gasteiger partial charge in [-0.25, -0.2) is 4.79 Å². The summed E-state index contributed by atoms with van der Waals surface area (Å²) in [6, 6.07) is 7.66. The van der Waals surface area contributed by atoms with Crippen LogP contribution in [-0.2, 0) is 9.63 Å². The molecule has 0 unspecified atom stereocenters. The first kappa shape index (κ1) is 10.1. The van der Waals surface area contributed by atoms with E-state index in [9.17, 15) is 4.79 Å². The summed E-state index contributed by atoms with van der Waals surface area (Å²) < 4.78 is 1.00. The third kappa shape index (κ3) is 2.15. The zero-order chi connectivity index (χ0) is 10.8. The van der Waals surface area contributed by atoms with Crippen LogP contribution in [0.4, 0.5) is 0 Å². The second kappa shape index (κ2) is 3.98. The molecular weight excluding hydrogens is 258 g/mol. The molecule has 2 rings (SSSR count). The van der Waals surface area contributed by atoms with Crippen molar-refractivity contribution in [2.75, 3.05) is 0 Å². The predicted molar refractivity (Wildman–Crippen MR) is 61.3 cm³/mol. The molecule has 4 heteroatoms. The van der Waals surface area contributed by atoms with E-state index in [1.54, 1.807) is 13.0 Å². The first-order valence-corrected chi connectivity index (χ1v) is 5.20. The zero-order valence-corrected chi connectivity index (χ0v) is 9.61. The van der Waals surface area contributed by atoms with Gasteiger partial charge in [0, 0.05) is 4.47 Å². The minimum absolute atomic E-state index is 0.393. The van der Waals surface area contributed by atoms with Crippen LogP contribution in [-0.4, -0.2) is 11.7 Å². The van der Waals surface area contributed by atoms with Crippen molar-refractivity contribution in [3.05, 3.63) is 39.9 Å². The molecule has 0 saturated carbocycles. The highest BCUT2D eigenvalue weighted by Gasteiger charge is 2.21. The Balaban J connectivity index is 2.34. The molecule has 0 amide bonds. The summed E-state index contributed by atoms with van der Waals surface area (Å²) in [5.41, 5.74) is 2.07. The Hall–Kier alpha value is -1.42. The fourth-order valence-electron chi connectivity index (χ4n) is 1.25. The molecule has 15 heavy (non-hydrogen) atoms. The molecule has 3 nitrogen and oxygen atoms in total. The van der Waals surface area contributed by atoms with Crippen LogP contribution in [0, 0.1) is 0 Å². The monoisotopic (exact) mass is 265 g/mol. The van der Waals surface area contributed by atoms with Crippen LogP contribution in [0.25, 0.3) is 6.08 Å². The quantitative estimate of drug-likeness (QED) is 0.579. The van der Waals surface area contributed by atoms with Crippen LogP contribution in [0.5, 0.6) is 0 Å². The van der Waals surface area contributed by atoms with E-state index in [0.29, 0.717) is 11.3 Å². The molecule has 0 N–H and O–H groups in total. The normalized spacial score (nSPS) is 17.9. The number of hydrogen-bond donors (Lipinski definition) is 0. The average Bonchev–Trinajstić information content (AvgIpc) is 2.53. The SMILES string of the molecule is CC1=NOC(=O)/C1=C/c1ccc(Br)cc1. The molecule has 0 aromatic heterocycles. The Morgan fingerprint density at radius 3 is 2.53 bits per heavy atom. The maximum atomic E-state index is 11.2. The van der Waals surface area contributed by atoms with E-state index < -0.39 is 5.97 Å². The van der Waals surface area contributed by atoms with E-state index in [-0.39, 0.29) is 0 Å².